The van der Waals surface area contributed by atoms with Gasteiger partial charge in [0.15, 0.2) is 9.84 Å². The smallest absolute Gasteiger partial charge is 0.381 e. The molecule has 3 rings (SSSR count). The highest BCUT2D eigenvalue weighted by atomic mass is 32.2. The molecule has 0 aliphatic carbocycles. The lowest BCUT2D eigenvalue weighted by Crippen LogP contribution is -2.21. The SMILES string of the molecule is O=C(Nc1cccc(C(F)(F)F)c1)c1cc(NC2CCS(=O)(=O)C2)ccn1. The fourth-order valence-corrected chi connectivity index (χ4v) is 4.43. The van der Waals surface area contributed by atoms with Gasteiger partial charge in [-0.2, -0.15) is 13.2 Å². The maximum Gasteiger partial charge on any atom is 0.416 e. The number of alkyl halides is 3. The Bertz CT molecular complexity index is 961. The molecule has 2 N–H and O–H groups in total. The van der Waals surface area contributed by atoms with Crippen molar-refractivity contribution in [1.29, 1.82) is 0 Å². The lowest BCUT2D eigenvalue weighted by Gasteiger charge is -2.13. The third-order valence-corrected chi connectivity index (χ3v) is 5.81. The Morgan fingerprint density at radius 1 is 1.15 bits per heavy atom. The summed E-state index contributed by atoms with van der Waals surface area (Å²) in [6.45, 7) is 0. The number of nitrogens with one attached hydrogen (secondary N) is 2. The van der Waals surface area contributed by atoms with Crippen LogP contribution in [-0.2, 0) is 16.0 Å². The van der Waals surface area contributed by atoms with Crippen LogP contribution in [0.5, 0.6) is 0 Å². The van der Waals surface area contributed by atoms with Crippen LogP contribution in [0.25, 0.3) is 0 Å². The summed E-state index contributed by atoms with van der Waals surface area (Å²) >= 11 is 0. The van der Waals surface area contributed by atoms with Crippen molar-refractivity contribution in [3.8, 4) is 0 Å². The van der Waals surface area contributed by atoms with Gasteiger partial charge < -0.3 is 10.6 Å². The van der Waals surface area contributed by atoms with Crippen LogP contribution >= 0.6 is 0 Å². The molecule has 144 valence electrons. The third kappa shape index (κ3) is 4.97. The standard InChI is InChI=1S/C17H16F3N3O3S/c18-17(19,20)11-2-1-3-12(8-11)23-16(24)15-9-13(4-6-21-15)22-14-5-7-27(25,26)10-14/h1-4,6,8-9,14H,5,7,10H2,(H,21,22)(H,23,24). The van der Waals surface area contributed by atoms with Gasteiger partial charge in [0.25, 0.3) is 5.91 Å². The van der Waals surface area contributed by atoms with Gasteiger partial charge in [0, 0.05) is 23.6 Å². The summed E-state index contributed by atoms with van der Waals surface area (Å²) in [5, 5.41) is 5.42. The minimum absolute atomic E-state index is 0.00161. The molecule has 1 aromatic heterocycles. The molecule has 1 aliphatic rings. The number of rotatable bonds is 4. The molecule has 1 atom stereocenters. The topological polar surface area (TPSA) is 88.2 Å². The molecule has 1 fully saturated rings. The fourth-order valence-electron chi connectivity index (χ4n) is 2.76. The van der Waals surface area contributed by atoms with Crippen LogP contribution in [0.3, 0.4) is 0 Å². The first-order chi connectivity index (χ1) is 12.6. The Morgan fingerprint density at radius 2 is 1.93 bits per heavy atom. The van der Waals surface area contributed by atoms with Crippen LogP contribution in [0.2, 0.25) is 0 Å². The largest absolute Gasteiger partial charge is 0.416 e. The minimum Gasteiger partial charge on any atom is -0.381 e. The molecule has 0 radical (unpaired) electrons. The molecular weight excluding hydrogens is 383 g/mol. The van der Waals surface area contributed by atoms with Gasteiger partial charge in [-0.3, -0.25) is 9.78 Å². The number of carbonyl (C=O) groups excluding carboxylic acids is 1. The second-order valence-electron chi connectivity index (χ2n) is 6.21. The van der Waals surface area contributed by atoms with Crippen LogP contribution in [0.4, 0.5) is 24.5 Å². The quantitative estimate of drug-likeness (QED) is 0.825. The number of anilines is 2. The van der Waals surface area contributed by atoms with Crippen molar-refractivity contribution in [3.63, 3.8) is 0 Å². The molecule has 1 aromatic carbocycles. The van der Waals surface area contributed by atoms with Gasteiger partial charge in [0.05, 0.1) is 17.1 Å². The molecule has 1 aliphatic heterocycles. The summed E-state index contributed by atoms with van der Waals surface area (Å²) in [4.78, 5) is 16.2. The van der Waals surface area contributed by atoms with Gasteiger partial charge in [-0.25, -0.2) is 8.42 Å². The summed E-state index contributed by atoms with van der Waals surface area (Å²) in [6, 6.07) is 7.05. The van der Waals surface area contributed by atoms with E-state index in [0.29, 0.717) is 12.1 Å². The van der Waals surface area contributed by atoms with E-state index in [1.807, 2.05) is 0 Å². The van der Waals surface area contributed by atoms with Crippen LogP contribution in [-0.4, -0.2) is 36.9 Å². The third-order valence-electron chi connectivity index (χ3n) is 4.04. The lowest BCUT2D eigenvalue weighted by molar-refractivity contribution is -0.137. The highest BCUT2D eigenvalue weighted by Gasteiger charge is 2.30. The summed E-state index contributed by atoms with van der Waals surface area (Å²) in [6.07, 6.45) is -2.67. The monoisotopic (exact) mass is 399 g/mol. The van der Waals surface area contributed by atoms with E-state index in [9.17, 15) is 26.4 Å². The second-order valence-corrected chi connectivity index (χ2v) is 8.44. The van der Waals surface area contributed by atoms with E-state index in [-0.39, 0.29) is 28.9 Å². The van der Waals surface area contributed by atoms with Crippen molar-refractivity contribution in [2.75, 3.05) is 22.1 Å². The van der Waals surface area contributed by atoms with E-state index in [0.717, 1.165) is 12.1 Å². The van der Waals surface area contributed by atoms with Gasteiger partial charge in [0.2, 0.25) is 0 Å². The molecule has 6 nitrogen and oxygen atoms in total. The summed E-state index contributed by atoms with van der Waals surface area (Å²) in [5.74, 6) is -0.545. The van der Waals surface area contributed by atoms with E-state index in [1.165, 1.54) is 24.4 Å². The molecule has 2 aromatic rings. The predicted molar refractivity (Wildman–Crippen MR) is 94.3 cm³/mol. The van der Waals surface area contributed by atoms with E-state index in [1.54, 1.807) is 6.07 Å². The van der Waals surface area contributed by atoms with E-state index >= 15 is 0 Å². The normalized spacial score (nSPS) is 18.9. The number of nitrogens with zero attached hydrogens (tertiary/aromatic N) is 1. The molecule has 1 amide bonds. The number of aromatic nitrogens is 1. The summed E-state index contributed by atoms with van der Waals surface area (Å²) in [5.41, 5.74) is -0.359. The van der Waals surface area contributed by atoms with Crippen molar-refractivity contribution < 1.29 is 26.4 Å². The second kappa shape index (κ2) is 7.18. The van der Waals surface area contributed by atoms with Crippen LogP contribution in [0, 0.1) is 0 Å². The Balaban J connectivity index is 1.71. The van der Waals surface area contributed by atoms with Crippen molar-refractivity contribution >= 4 is 27.1 Å². The number of sulfone groups is 1. The maximum atomic E-state index is 12.8. The molecule has 0 spiro atoms. The lowest BCUT2D eigenvalue weighted by atomic mass is 10.2. The maximum absolute atomic E-state index is 12.8. The molecule has 10 heteroatoms. The molecule has 2 heterocycles. The first kappa shape index (κ1) is 19.2. The Labute approximate surface area is 153 Å². The molecule has 27 heavy (non-hydrogen) atoms. The van der Waals surface area contributed by atoms with E-state index in [2.05, 4.69) is 15.6 Å². The van der Waals surface area contributed by atoms with Gasteiger partial charge in [0.1, 0.15) is 5.69 Å². The number of amides is 1. The van der Waals surface area contributed by atoms with Crippen LogP contribution < -0.4 is 10.6 Å². The predicted octanol–water partition coefficient (Wildman–Crippen LogP) is 2.95. The number of carbonyl (C=O) groups is 1. The van der Waals surface area contributed by atoms with Crippen molar-refractivity contribution in [1.82, 2.24) is 4.98 Å². The fraction of sp³-hybridized carbons (Fsp3) is 0.294. The average Bonchev–Trinajstić information content (AvgIpc) is 2.93. The average molecular weight is 399 g/mol. The van der Waals surface area contributed by atoms with Crippen molar-refractivity contribution in [3.05, 3.63) is 53.9 Å². The Hall–Kier alpha value is -2.62. The highest BCUT2D eigenvalue weighted by Crippen LogP contribution is 2.30. The molecule has 0 bridgehead atoms. The number of halogens is 3. The van der Waals surface area contributed by atoms with Gasteiger partial charge >= 0.3 is 6.18 Å². The molecule has 0 saturated carbocycles. The zero-order chi connectivity index (χ0) is 19.7. The summed E-state index contributed by atoms with van der Waals surface area (Å²) in [7, 11) is -3.05. The van der Waals surface area contributed by atoms with E-state index in [4.69, 9.17) is 0 Å². The number of pyridine rings is 1. The molecule has 1 unspecified atom stereocenters. The van der Waals surface area contributed by atoms with Crippen LogP contribution in [0.1, 0.15) is 22.5 Å². The first-order valence-corrected chi connectivity index (χ1v) is 9.86. The zero-order valence-corrected chi connectivity index (χ0v) is 14.8. The van der Waals surface area contributed by atoms with Gasteiger partial charge in [-0.15, -0.1) is 0 Å². The zero-order valence-electron chi connectivity index (χ0n) is 14.0. The Morgan fingerprint density at radius 3 is 2.59 bits per heavy atom. The Kier molecular flexibility index (Phi) is 5.09. The van der Waals surface area contributed by atoms with Crippen molar-refractivity contribution in [2.24, 2.45) is 0 Å². The first-order valence-electron chi connectivity index (χ1n) is 8.04. The van der Waals surface area contributed by atoms with Crippen LogP contribution in [0.15, 0.2) is 42.6 Å². The van der Waals surface area contributed by atoms with E-state index < -0.39 is 27.5 Å². The number of hydrogen-bond donors (Lipinski definition) is 2. The highest BCUT2D eigenvalue weighted by molar-refractivity contribution is 7.91. The molecule has 1 saturated heterocycles. The van der Waals surface area contributed by atoms with Gasteiger partial charge in [-0.05, 0) is 36.8 Å². The van der Waals surface area contributed by atoms with Crippen molar-refractivity contribution in [2.45, 2.75) is 18.6 Å². The van der Waals surface area contributed by atoms with Gasteiger partial charge in [-0.1, -0.05) is 6.07 Å². The molecular formula is C17H16F3N3O3S. The summed E-state index contributed by atoms with van der Waals surface area (Å²) < 4.78 is 61.3. The number of benzene rings is 1. The minimum atomic E-state index is -4.51. The number of hydrogen-bond acceptors (Lipinski definition) is 5.